The van der Waals surface area contributed by atoms with Gasteiger partial charge in [0.25, 0.3) is 0 Å². The van der Waals surface area contributed by atoms with E-state index in [2.05, 4.69) is 20.4 Å². The Labute approximate surface area is 127 Å². The SMILES string of the molecule is Cc1cc(F)ccc1[C@H](C)n1cc(CCn2cncn2)nn1. The minimum absolute atomic E-state index is 0.00761. The number of nitrogens with zero attached hydrogens (tertiary/aromatic N) is 6. The highest BCUT2D eigenvalue weighted by atomic mass is 19.1. The molecule has 1 aromatic carbocycles. The first-order chi connectivity index (χ1) is 10.6. The number of hydrogen-bond acceptors (Lipinski definition) is 4. The van der Waals surface area contributed by atoms with Crippen molar-refractivity contribution in [2.75, 3.05) is 0 Å². The van der Waals surface area contributed by atoms with Crippen LogP contribution in [-0.2, 0) is 13.0 Å². The highest BCUT2D eigenvalue weighted by Gasteiger charge is 2.13. The summed E-state index contributed by atoms with van der Waals surface area (Å²) in [6.07, 6.45) is 5.84. The Morgan fingerprint density at radius 3 is 2.91 bits per heavy atom. The molecular weight excluding hydrogens is 283 g/mol. The van der Waals surface area contributed by atoms with Crippen LogP contribution in [-0.4, -0.2) is 29.8 Å². The largest absolute Gasteiger partial charge is 0.253 e. The molecule has 0 bridgehead atoms. The van der Waals surface area contributed by atoms with Crippen LogP contribution in [0.1, 0.15) is 29.8 Å². The molecule has 0 aliphatic heterocycles. The minimum Gasteiger partial charge on any atom is -0.253 e. The van der Waals surface area contributed by atoms with Crippen molar-refractivity contribution in [2.45, 2.75) is 32.9 Å². The van der Waals surface area contributed by atoms with E-state index in [4.69, 9.17) is 0 Å². The maximum Gasteiger partial charge on any atom is 0.137 e. The third-order valence-electron chi connectivity index (χ3n) is 3.70. The van der Waals surface area contributed by atoms with E-state index in [1.807, 2.05) is 20.0 Å². The van der Waals surface area contributed by atoms with Crippen LogP contribution in [0.15, 0.2) is 37.1 Å². The number of halogens is 1. The van der Waals surface area contributed by atoms with Crippen LogP contribution in [0.2, 0.25) is 0 Å². The van der Waals surface area contributed by atoms with E-state index >= 15 is 0 Å². The van der Waals surface area contributed by atoms with Crippen molar-refractivity contribution in [3.8, 4) is 0 Å². The number of rotatable bonds is 5. The lowest BCUT2D eigenvalue weighted by atomic mass is 10.0. The molecule has 114 valence electrons. The monoisotopic (exact) mass is 300 g/mol. The molecule has 7 heteroatoms. The normalized spacial score (nSPS) is 12.5. The van der Waals surface area contributed by atoms with E-state index < -0.39 is 0 Å². The number of hydrogen-bond donors (Lipinski definition) is 0. The zero-order chi connectivity index (χ0) is 15.5. The molecule has 1 atom stereocenters. The third kappa shape index (κ3) is 3.03. The average Bonchev–Trinajstić information content (AvgIpc) is 3.16. The van der Waals surface area contributed by atoms with E-state index in [1.54, 1.807) is 21.8 Å². The fourth-order valence-corrected chi connectivity index (χ4v) is 2.44. The van der Waals surface area contributed by atoms with Crippen molar-refractivity contribution in [2.24, 2.45) is 0 Å². The van der Waals surface area contributed by atoms with Gasteiger partial charge in [-0.05, 0) is 37.1 Å². The Morgan fingerprint density at radius 1 is 1.32 bits per heavy atom. The van der Waals surface area contributed by atoms with Crippen molar-refractivity contribution in [1.29, 1.82) is 0 Å². The van der Waals surface area contributed by atoms with Crippen LogP contribution in [0.25, 0.3) is 0 Å². The Balaban J connectivity index is 1.72. The molecule has 0 saturated heterocycles. The van der Waals surface area contributed by atoms with Crippen LogP contribution >= 0.6 is 0 Å². The fraction of sp³-hybridized carbons (Fsp3) is 0.333. The van der Waals surface area contributed by atoms with Gasteiger partial charge >= 0.3 is 0 Å². The van der Waals surface area contributed by atoms with Crippen molar-refractivity contribution in [1.82, 2.24) is 29.8 Å². The van der Waals surface area contributed by atoms with E-state index in [0.29, 0.717) is 6.54 Å². The van der Waals surface area contributed by atoms with Crippen molar-refractivity contribution < 1.29 is 4.39 Å². The fourth-order valence-electron chi connectivity index (χ4n) is 2.44. The molecule has 2 heterocycles. The highest BCUT2D eigenvalue weighted by molar-refractivity contribution is 5.29. The van der Waals surface area contributed by atoms with Gasteiger partial charge < -0.3 is 0 Å². The summed E-state index contributed by atoms with van der Waals surface area (Å²) >= 11 is 0. The molecule has 0 aliphatic carbocycles. The summed E-state index contributed by atoms with van der Waals surface area (Å²) < 4.78 is 16.8. The van der Waals surface area contributed by atoms with Gasteiger partial charge in [0.2, 0.25) is 0 Å². The van der Waals surface area contributed by atoms with Crippen molar-refractivity contribution in [3.05, 3.63) is 59.7 Å². The van der Waals surface area contributed by atoms with Gasteiger partial charge in [0, 0.05) is 19.2 Å². The Kier molecular flexibility index (Phi) is 3.95. The number of benzene rings is 1. The van der Waals surface area contributed by atoms with E-state index in [1.165, 1.54) is 18.5 Å². The van der Waals surface area contributed by atoms with Gasteiger partial charge in [-0.2, -0.15) is 5.10 Å². The van der Waals surface area contributed by atoms with Crippen molar-refractivity contribution >= 4 is 0 Å². The summed E-state index contributed by atoms with van der Waals surface area (Å²) in [6, 6.07) is 4.82. The minimum atomic E-state index is -0.222. The van der Waals surface area contributed by atoms with E-state index in [9.17, 15) is 4.39 Å². The Morgan fingerprint density at radius 2 is 2.18 bits per heavy atom. The predicted molar refractivity (Wildman–Crippen MR) is 78.7 cm³/mol. The highest BCUT2D eigenvalue weighted by Crippen LogP contribution is 2.21. The number of aryl methyl sites for hydroxylation is 3. The summed E-state index contributed by atoms with van der Waals surface area (Å²) in [7, 11) is 0. The van der Waals surface area contributed by atoms with Crippen molar-refractivity contribution in [3.63, 3.8) is 0 Å². The van der Waals surface area contributed by atoms with Crippen LogP contribution in [0, 0.1) is 12.7 Å². The summed E-state index contributed by atoms with van der Waals surface area (Å²) in [5.74, 6) is -0.222. The van der Waals surface area contributed by atoms with Gasteiger partial charge in [-0.1, -0.05) is 11.3 Å². The van der Waals surface area contributed by atoms with Gasteiger partial charge in [0.15, 0.2) is 0 Å². The molecule has 0 saturated carbocycles. The van der Waals surface area contributed by atoms with Crippen LogP contribution in [0.3, 0.4) is 0 Å². The first-order valence-corrected chi connectivity index (χ1v) is 7.12. The quantitative estimate of drug-likeness (QED) is 0.724. The molecule has 0 spiro atoms. The molecule has 2 aromatic heterocycles. The second kappa shape index (κ2) is 6.05. The molecule has 0 fully saturated rings. The Hall–Kier alpha value is -2.57. The van der Waals surface area contributed by atoms with Crippen LogP contribution in [0.4, 0.5) is 4.39 Å². The lowest BCUT2D eigenvalue weighted by Gasteiger charge is -2.14. The molecule has 0 aliphatic rings. The second-order valence-electron chi connectivity index (χ2n) is 5.28. The molecule has 0 unspecified atom stereocenters. The zero-order valence-electron chi connectivity index (χ0n) is 12.5. The van der Waals surface area contributed by atoms with Gasteiger partial charge in [-0.15, -0.1) is 5.10 Å². The average molecular weight is 300 g/mol. The summed E-state index contributed by atoms with van der Waals surface area (Å²) in [4.78, 5) is 3.90. The van der Waals surface area contributed by atoms with Crippen LogP contribution in [0.5, 0.6) is 0 Å². The van der Waals surface area contributed by atoms with Gasteiger partial charge in [-0.3, -0.25) is 4.68 Å². The van der Waals surface area contributed by atoms with Gasteiger partial charge in [-0.25, -0.2) is 14.1 Å². The third-order valence-corrected chi connectivity index (χ3v) is 3.70. The second-order valence-corrected chi connectivity index (χ2v) is 5.28. The first kappa shape index (κ1) is 14.4. The molecule has 0 amide bonds. The Bertz CT molecular complexity index is 749. The summed E-state index contributed by atoms with van der Waals surface area (Å²) in [6.45, 7) is 4.64. The zero-order valence-corrected chi connectivity index (χ0v) is 12.5. The molecule has 6 nitrogen and oxygen atoms in total. The smallest absolute Gasteiger partial charge is 0.137 e. The standard InChI is InChI=1S/C15H17FN6/c1-11-7-13(16)3-4-15(11)12(2)22-8-14(19-20-22)5-6-21-10-17-9-18-21/h3-4,7-10,12H,5-6H2,1-2H3/t12-/m0/s1. The maximum atomic E-state index is 13.2. The molecule has 3 aromatic rings. The number of aromatic nitrogens is 6. The van der Waals surface area contributed by atoms with Crippen LogP contribution < -0.4 is 0 Å². The maximum absolute atomic E-state index is 13.2. The molecule has 0 N–H and O–H groups in total. The van der Waals surface area contributed by atoms with E-state index in [0.717, 1.165) is 23.2 Å². The van der Waals surface area contributed by atoms with Gasteiger partial charge in [0.05, 0.1) is 11.7 Å². The topological polar surface area (TPSA) is 61.4 Å². The lowest BCUT2D eigenvalue weighted by Crippen LogP contribution is -2.09. The lowest BCUT2D eigenvalue weighted by molar-refractivity contribution is 0.538. The molecule has 0 radical (unpaired) electrons. The first-order valence-electron chi connectivity index (χ1n) is 7.12. The molecular formula is C15H17FN6. The summed E-state index contributed by atoms with van der Waals surface area (Å²) in [5.41, 5.74) is 2.84. The predicted octanol–water partition coefficient (Wildman–Crippen LogP) is 2.17. The molecule has 3 rings (SSSR count). The molecule has 22 heavy (non-hydrogen) atoms. The summed E-state index contributed by atoms with van der Waals surface area (Å²) in [5, 5.41) is 12.4. The van der Waals surface area contributed by atoms with E-state index in [-0.39, 0.29) is 11.9 Å². The van der Waals surface area contributed by atoms with Gasteiger partial charge in [0.1, 0.15) is 18.5 Å².